The Bertz CT molecular complexity index is 698. The largest absolute Gasteiger partial charge is 0.429 e. The minimum absolute atomic E-state index is 0.430. The van der Waals surface area contributed by atoms with E-state index in [1.165, 1.54) is 0 Å². The van der Waals surface area contributed by atoms with E-state index in [4.69, 9.17) is 32.7 Å². The minimum atomic E-state index is -1.07. The first-order chi connectivity index (χ1) is 10.1. The molecule has 0 aliphatic carbocycles. The van der Waals surface area contributed by atoms with Gasteiger partial charge in [0.15, 0.2) is 0 Å². The second-order valence-electron chi connectivity index (χ2n) is 5.07. The lowest BCUT2D eigenvalue weighted by molar-refractivity contribution is -0.239. The molecule has 3 rings (SSSR count). The molecular weight excluding hydrogens is 313 g/mol. The van der Waals surface area contributed by atoms with Gasteiger partial charge in [0.05, 0.1) is 27.9 Å². The summed E-state index contributed by atoms with van der Waals surface area (Å²) in [6.45, 7) is 2.91. The Morgan fingerprint density at radius 1 is 1.43 bits per heavy atom. The molecule has 2 aromatic rings. The molecule has 0 amide bonds. The zero-order valence-corrected chi connectivity index (χ0v) is 13.1. The lowest BCUT2D eigenvalue weighted by Gasteiger charge is -2.35. The van der Waals surface area contributed by atoms with E-state index in [1.807, 2.05) is 6.92 Å². The standard InChI is InChI=1S/C15H15Cl2NO3/c1-2-6-15(21-8-19)14-9(5-7-20-15)12-10(16)3-4-11(17)13(12)18-14/h3-4,8,18H,2,5-7H2,1H3. The molecular formula is C15H15Cl2NO3. The van der Waals surface area contributed by atoms with Crippen molar-refractivity contribution in [1.82, 2.24) is 4.98 Å². The van der Waals surface area contributed by atoms with Gasteiger partial charge in [-0.1, -0.05) is 30.1 Å². The summed E-state index contributed by atoms with van der Waals surface area (Å²) >= 11 is 12.6. The number of H-pyrrole nitrogens is 1. The van der Waals surface area contributed by atoms with Gasteiger partial charge in [-0.25, -0.2) is 0 Å². The molecule has 21 heavy (non-hydrogen) atoms. The number of hydrogen-bond donors (Lipinski definition) is 1. The van der Waals surface area contributed by atoms with E-state index in [2.05, 4.69) is 4.98 Å². The molecule has 0 spiro atoms. The van der Waals surface area contributed by atoms with Gasteiger partial charge in [-0.3, -0.25) is 4.79 Å². The molecule has 1 unspecified atom stereocenters. The average molecular weight is 328 g/mol. The van der Waals surface area contributed by atoms with Gasteiger partial charge in [0, 0.05) is 11.8 Å². The number of ether oxygens (including phenoxy) is 2. The third-order valence-corrected chi connectivity index (χ3v) is 4.47. The van der Waals surface area contributed by atoms with E-state index in [0.29, 0.717) is 36.0 Å². The zero-order valence-electron chi connectivity index (χ0n) is 11.5. The Kier molecular flexibility index (Phi) is 3.86. The smallest absolute Gasteiger partial charge is 0.295 e. The molecule has 4 nitrogen and oxygen atoms in total. The maximum atomic E-state index is 10.9. The number of halogens is 2. The Hall–Kier alpha value is -1.23. The van der Waals surface area contributed by atoms with Gasteiger partial charge in [0.1, 0.15) is 0 Å². The molecule has 6 heteroatoms. The van der Waals surface area contributed by atoms with E-state index in [9.17, 15) is 4.79 Å². The number of nitrogens with one attached hydrogen (secondary N) is 1. The number of benzene rings is 1. The second kappa shape index (κ2) is 5.52. The highest BCUT2D eigenvalue weighted by Gasteiger charge is 2.42. The van der Waals surface area contributed by atoms with Crippen LogP contribution in [0.1, 0.15) is 31.0 Å². The third-order valence-electron chi connectivity index (χ3n) is 3.84. The van der Waals surface area contributed by atoms with Crippen molar-refractivity contribution in [2.45, 2.75) is 32.0 Å². The highest BCUT2D eigenvalue weighted by Crippen LogP contribution is 2.43. The number of fused-ring (bicyclic) bond motifs is 3. The van der Waals surface area contributed by atoms with Gasteiger partial charge < -0.3 is 14.5 Å². The molecule has 0 bridgehead atoms. The van der Waals surface area contributed by atoms with Crippen LogP contribution in [0.25, 0.3) is 10.9 Å². The van der Waals surface area contributed by atoms with Crippen LogP contribution in [0.3, 0.4) is 0 Å². The Labute approximate surface area is 132 Å². The van der Waals surface area contributed by atoms with Crippen LogP contribution in [0.15, 0.2) is 12.1 Å². The molecule has 0 fully saturated rings. The predicted octanol–water partition coefficient (Wildman–Crippen LogP) is 4.17. The van der Waals surface area contributed by atoms with Gasteiger partial charge in [-0.15, -0.1) is 0 Å². The van der Waals surface area contributed by atoms with E-state index < -0.39 is 5.79 Å². The van der Waals surface area contributed by atoms with Crippen LogP contribution < -0.4 is 0 Å². The highest BCUT2D eigenvalue weighted by molar-refractivity contribution is 6.40. The summed E-state index contributed by atoms with van der Waals surface area (Å²) in [5.41, 5.74) is 2.52. The van der Waals surface area contributed by atoms with Crippen LogP contribution in [0.4, 0.5) is 0 Å². The Balaban J connectivity index is 2.29. The molecule has 2 heterocycles. The fourth-order valence-electron chi connectivity index (χ4n) is 3.02. The van der Waals surface area contributed by atoms with E-state index in [0.717, 1.165) is 28.6 Å². The van der Waals surface area contributed by atoms with Crippen LogP contribution in [-0.2, 0) is 26.5 Å². The monoisotopic (exact) mass is 327 g/mol. The minimum Gasteiger partial charge on any atom is -0.429 e. The van der Waals surface area contributed by atoms with Crippen LogP contribution >= 0.6 is 23.2 Å². The molecule has 1 aliphatic rings. The van der Waals surface area contributed by atoms with Gasteiger partial charge in [-0.2, -0.15) is 0 Å². The molecule has 1 atom stereocenters. The number of aromatic amines is 1. The molecule has 1 aromatic carbocycles. The van der Waals surface area contributed by atoms with Crippen LogP contribution in [-0.4, -0.2) is 18.1 Å². The Morgan fingerprint density at radius 3 is 2.90 bits per heavy atom. The fraction of sp³-hybridized carbons (Fsp3) is 0.400. The van der Waals surface area contributed by atoms with Crippen molar-refractivity contribution in [3.63, 3.8) is 0 Å². The van der Waals surface area contributed by atoms with Gasteiger partial charge >= 0.3 is 0 Å². The zero-order chi connectivity index (χ0) is 15.0. The molecule has 0 saturated heterocycles. The lowest BCUT2D eigenvalue weighted by Crippen LogP contribution is -2.38. The van der Waals surface area contributed by atoms with Crippen molar-refractivity contribution in [3.05, 3.63) is 33.4 Å². The highest BCUT2D eigenvalue weighted by atomic mass is 35.5. The summed E-state index contributed by atoms with van der Waals surface area (Å²) in [4.78, 5) is 14.2. The summed E-state index contributed by atoms with van der Waals surface area (Å²) in [5.74, 6) is -1.07. The molecule has 0 saturated carbocycles. The summed E-state index contributed by atoms with van der Waals surface area (Å²) in [5, 5.41) is 2.10. The summed E-state index contributed by atoms with van der Waals surface area (Å²) in [7, 11) is 0. The molecule has 112 valence electrons. The number of carbonyl (C=O) groups is 1. The van der Waals surface area contributed by atoms with E-state index in [-0.39, 0.29) is 0 Å². The maximum Gasteiger partial charge on any atom is 0.295 e. The molecule has 1 aromatic heterocycles. The molecule has 1 aliphatic heterocycles. The van der Waals surface area contributed by atoms with Crippen LogP contribution in [0, 0.1) is 0 Å². The van der Waals surface area contributed by atoms with Crippen molar-refractivity contribution in [3.8, 4) is 0 Å². The van der Waals surface area contributed by atoms with E-state index >= 15 is 0 Å². The first-order valence-electron chi connectivity index (χ1n) is 6.87. The first kappa shape index (κ1) is 14.7. The van der Waals surface area contributed by atoms with Crippen molar-refractivity contribution < 1.29 is 14.3 Å². The fourth-order valence-corrected chi connectivity index (χ4v) is 3.49. The van der Waals surface area contributed by atoms with E-state index in [1.54, 1.807) is 12.1 Å². The summed E-state index contributed by atoms with van der Waals surface area (Å²) in [6, 6.07) is 3.52. The number of aromatic nitrogens is 1. The Morgan fingerprint density at radius 2 is 2.19 bits per heavy atom. The number of rotatable bonds is 4. The average Bonchev–Trinajstić information content (AvgIpc) is 2.86. The van der Waals surface area contributed by atoms with Gasteiger partial charge in [-0.05, 0) is 30.5 Å². The van der Waals surface area contributed by atoms with Crippen LogP contribution in [0.2, 0.25) is 10.0 Å². The first-order valence-corrected chi connectivity index (χ1v) is 7.63. The van der Waals surface area contributed by atoms with Gasteiger partial charge in [0.2, 0.25) is 0 Å². The predicted molar refractivity (Wildman–Crippen MR) is 81.7 cm³/mol. The number of hydrogen-bond acceptors (Lipinski definition) is 3. The summed E-state index contributed by atoms with van der Waals surface area (Å²) in [6.07, 6.45) is 2.08. The van der Waals surface area contributed by atoms with Crippen molar-refractivity contribution in [2.75, 3.05) is 6.61 Å². The molecule has 1 N–H and O–H groups in total. The maximum absolute atomic E-state index is 10.9. The SMILES string of the molecule is CCCC1(OC=O)OCCc2c1[nH]c1c(Cl)ccc(Cl)c21. The lowest BCUT2D eigenvalue weighted by atomic mass is 9.97. The number of carbonyl (C=O) groups excluding carboxylic acids is 1. The molecule has 0 radical (unpaired) electrons. The second-order valence-corrected chi connectivity index (χ2v) is 5.89. The topological polar surface area (TPSA) is 51.3 Å². The van der Waals surface area contributed by atoms with Gasteiger partial charge in [0.25, 0.3) is 12.3 Å². The summed E-state index contributed by atoms with van der Waals surface area (Å²) < 4.78 is 11.1. The quantitative estimate of drug-likeness (QED) is 0.857. The van der Waals surface area contributed by atoms with Crippen molar-refractivity contribution >= 4 is 40.6 Å². The van der Waals surface area contributed by atoms with Crippen molar-refractivity contribution in [2.24, 2.45) is 0 Å². The van der Waals surface area contributed by atoms with Crippen LogP contribution in [0.5, 0.6) is 0 Å². The van der Waals surface area contributed by atoms with Crippen molar-refractivity contribution in [1.29, 1.82) is 0 Å². The third kappa shape index (κ3) is 2.22. The normalized spacial score (nSPS) is 21.3.